The molecule has 2 aliphatic heterocycles. The number of nitrogens with zero attached hydrogens (tertiary/aromatic N) is 2. The Balaban J connectivity index is 1.37. The van der Waals surface area contributed by atoms with E-state index in [0.717, 1.165) is 59.2 Å². The predicted molar refractivity (Wildman–Crippen MR) is 105 cm³/mol. The zero-order valence-corrected chi connectivity index (χ0v) is 16.2. The number of carbonyl (C=O) groups excluding carboxylic acids is 2. The van der Waals surface area contributed by atoms with Crippen molar-refractivity contribution in [2.45, 2.75) is 25.3 Å². The highest BCUT2D eigenvalue weighted by Gasteiger charge is 2.31. The summed E-state index contributed by atoms with van der Waals surface area (Å²) in [4.78, 5) is 31.1. The van der Waals surface area contributed by atoms with Gasteiger partial charge in [-0.15, -0.1) is 0 Å². The molecule has 0 spiro atoms. The van der Waals surface area contributed by atoms with E-state index in [1.165, 1.54) is 11.8 Å². The summed E-state index contributed by atoms with van der Waals surface area (Å²) < 4.78 is 6.38. The summed E-state index contributed by atoms with van der Waals surface area (Å²) in [7, 11) is 1.66. The smallest absolute Gasteiger partial charge is 0.223 e. The minimum absolute atomic E-state index is 0.0147. The summed E-state index contributed by atoms with van der Waals surface area (Å²) in [5.74, 6) is 1.66. The molecule has 0 saturated carbocycles. The average Bonchev–Trinajstić information content (AvgIpc) is 3.27. The monoisotopic (exact) mass is 391 g/mol. The largest absolute Gasteiger partial charge is 0.497 e. The van der Waals surface area contributed by atoms with Gasteiger partial charge in [0.05, 0.1) is 23.4 Å². The molecule has 1 aromatic carbocycles. The van der Waals surface area contributed by atoms with Crippen LogP contribution in [0.1, 0.15) is 19.3 Å². The van der Waals surface area contributed by atoms with Crippen LogP contribution in [0.3, 0.4) is 0 Å². The summed E-state index contributed by atoms with van der Waals surface area (Å²) in [6.07, 6.45) is 2.33. The molecule has 6 nitrogen and oxygen atoms in total. The fourth-order valence-corrected chi connectivity index (χ4v) is 5.38. The number of thiazole rings is 1. The third-order valence-electron chi connectivity index (χ3n) is 4.97. The summed E-state index contributed by atoms with van der Waals surface area (Å²) in [5.41, 5.74) is 0.975. The molecule has 1 unspecified atom stereocenters. The van der Waals surface area contributed by atoms with Gasteiger partial charge in [-0.3, -0.25) is 9.59 Å². The Bertz CT molecular complexity index is 830. The van der Waals surface area contributed by atoms with Crippen LogP contribution in [0.25, 0.3) is 10.2 Å². The number of hydrogen-bond donors (Lipinski definition) is 1. The molecule has 0 radical (unpaired) electrons. The molecule has 2 aliphatic rings. The van der Waals surface area contributed by atoms with Crippen molar-refractivity contribution in [2.24, 2.45) is 5.92 Å². The van der Waals surface area contributed by atoms with Crippen LogP contribution in [0.4, 0.5) is 5.13 Å². The van der Waals surface area contributed by atoms with Gasteiger partial charge in [-0.25, -0.2) is 4.98 Å². The first-order valence-corrected chi connectivity index (χ1v) is 10.6. The van der Waals surface area contributed by atoms with Crippen LogP contribution in [-0.4, -0.2) is 48.0 Å². The Morgan fingerprint density at radius 2 is 2.12 bits per heavy atom. The fourth-order valence-electron chi connectivity index (χ4n) is 3.40. The first-order chi connectivity index (χ1) is 12.6. The van der Waals surface area contributed by atoms with Gasteiger partial charge in [-0.2, -0.15) is 0 Å². The van der Waals surface area contributed by atoms with Gasteiger partial charge in [0.1, 0.15) is 5.75 Å². The Morgan fingerprint density at radius 3 is 2.81 bits per heavy atom. The van der Waals surface area contributed by atoms with E-state index >= 15 is 0 Å². The lowest BCUT2D eigenvalue weighted by atomic mass is 9.96. The summed E-state index contributed by atoms with van der Waals surface area (Å²) in [6, 6.07) is 5.62. The van der Waals surface area contributed by atoms with Crippen LogP contribution in [-0.2, 0) is 9.59 Å². The Morgan fingerprint density at radius 1 is 1.31 bits per heavy atom. The number of carbonyl (C=O) groups is 2. The molecule has 4 rings (SSSR count). The highest BCUT2D eigenvalue weighted by Crippen LogP contribution is 2.33. The number of piperidine rings is 1. The Hall–Kier alpha value is -1.80. The van der Waals surface area contributed by atoms with Gasteiger partial charge < -0.3 is 15.0 Å². The maximum Gasteiger partial charge on any atom is 0.223 e. The van der Waals surface area contributed by atoms with Crippen molar-refractivity contribution in [1.29, 1.82) is 0 Å². The number of nitrogens with one attached hydrogen (secondary N) is 1. The first-order valence-electron chi connectivity index (χ1n) is 8.80. The standard InChI is InChI=1S/C18H21N3O3S2/c1-24-12-2-3-13-15(10-12)26-18(20-13)21-7-4-11(5-8-21)16(22)19-14-6-9-25-17(14)23/h2-3,10-11,14H,4-9H2,1H3,(H,19,22). The lowest BCUT2D eigenvalue weighted by Crippen LogP contribution is -2.45. The van der Waals surface area contributed by atoms with E-state index in [0.29, 0.717) is 0 Å². The molecule has 3 heterocycles. The van der Waals surface area contributed by atoms with Crippen LogP contribution in [0.5, 0.6) is 5.75 Å². The maximum atomic E-state index is 12.4. The second kappa shape index (κ2) is 7.44. The fraction of sp³-hybridized carbons (Fsp3) is 0.500. The van der Waals surface area contributed by atoms with Gasteiger partial charge >= 0.3 is 0 Å². The topological polar surface area (TPSA) is 71.5 Å². The van der Waals surface area contributed by atoms with Crippen molar-refractivity contribution in [3.05, 3.63) is 18.2 Å². The number of anilines is 1. The molecule has 2 aromatic rings. The lowest BCUT2D eigenvalue weighted by molar-refractivity contribution is -0.128. The van der Waals surface area contributed by atoms with Crippen LogP contribution >= 0.6 is 23.1 Å². The molecular weight excluding hydrogens is 370 g/mol. The zero-order chi connectivity index (χ0) is 18.1. The number of methoxy groups -OCH3 is 1. The van der Waals surface area contributed by atoms with Gasteiger partial charge in [-0.1, -0.05) is 23.1 Å². The molecule has 2 fully saturated rings. The number of rotatable bonds is 4. The highest BCUT2D eigenvalue weighted by molar-refractivity contribution is 8.14. The quantitative estimate of drug-likeness (QED) is 0.864. The van der Waals surface area contributed by atoms with Gasteiger partial charge in [0, 0.05) is 24.8 Å². The maximum absolute atomic E-state index is 12.4. The van der Waals surface area contributed by atoms with Gasteiger partial charge in [-0.05, 0) is 37.5 Å². The SMILES string of the molecule is COc1ccc2nc(N3CCC(C(=O)NC4CCSC4=O)CC3)sc2c1. The number of ether oxygens (including phenoxy) is 1. The van der Waals surface area contributed by atoms with Crippen LogP contribution in [0.2, 0.25) is 0 Å². The molecule has 0 bridgehead atoms. The van der Waals surface area contributed by atoms with Crippen molar-refractivity contribution in [1.82, 2.24) is 10.3 Å². The minimum atomic E-state index is -0.287. The second-order valence-electron chi connectivity index (χ2n) is 6.61. The predicted octanol–water partition coefficient (Wildman–Crippen LogP) is 2.67. The van der Waals surface area contributed by atoms with Gasteiger partial charge in [0.2, 0.25) is 11.0 Å². The van der Waals surface area contributed by atoms with E-state index in [9.17, 15) is 9.59 Å². The third-order valence-corrected chi connectivity index (χ3v) is 7.06. The summed E-state index contributed by atoms with van der Waals surface area (Å²) in [5, 5.41) is 4.03. The molecule has 26 heavy (non-hydrogen) atoms. The molecule has 1 amide bonds. The molecule has 0 aliphatic carbocycles. The van der Waals surface area contributed by atoms with Gasteiger partial charge in [0.15, 0.2) is 5.13 Å². The highest BCUT2D eigenvalue weighted by atomic mass is 32.2. The van der Waals surface area contributed by atoms with Crippen molar-refractivity contribution in [2.75, 3.05) is 30.9 Å². The number of amides is 1. The first kappa shape index (κ1) is 17.6. The Labute approximate surface area is 160 Å². The van der Waals surface area contributed by atoms with E-state index < -0.39 is 0 Å². The van der Waals surface area contributed by atoms with Gasteiger partial charge in [0.25, 0.3) is 0 Å². The summed E-state index contributed by atoms with van der Waals surface area (Å²) in [6.45, 7) is 1.62. The van der Waals surface area contributed by atoms with Crippen molar-refractivity contribution in [3.8, 4) is 5.75 Å². The molecule has 8 heteroatoms. The van der Waals surface area contributed by atoms with Crippen LogP contribution in [0, 0.1) is 5.92 Å². The van der Waals surface area contributed by atoms with E-state index in [1.54, 1.807) is 18.4 Å². The number of hydrogen-bond acceptors (Lipinski definition) is 7. The number of fused-ring (bicyclic) bond motifs is 1. The van der Waals surface area contributed by atoms with E-state index in [1.807, 2.05) is 18.2 Å². The van der Waals surface area contributed by atoms with Crippen molar-refractivity contribution < 1.29 is 14.3 Å². The van der Waals surface area contributed by atoms with Crippen LogP contribution < -0.4 is 15.0 Å². The third kappa shape index (κ3) is 3.53. The van der Waals surface area contributed by atoms with Crippen molar-refractivity contribution in [3.63, 3.8) is 0 Å². The molecule has 138 valence electrons. The normalized spacial score (nSPS) is 21.3. The van der Waals surface area contributed by atoms with E-state index in [-0.39, 0.29) is 23.0 Å². The lowest BCUT2D eigenvalue weighted by Gasteiger charge is -2.31. The minimum Gasteiger partial charge on any atom is -0.497 e. The van der Waals surface area contributed by atoms with E-state index in [2.05, 4.69) is 10.2 Å². The van der Waals surface area contributed by atoms with Crippen molar-refractivity contribution >= 4 is 49.5 Å². The molecule has 1 atom stereocenters. The Kier molecular flexibility index (Phi) is 5.04. The number of aromatic nitrogens is 1. The number of benzene rings is 1. The molecule has 1 N–H and O–H groups in total. The molecule has 2 saturated heterocycles. The molecular formula is C18H21N3O3S2. The number of thioether (sulfide) groups is 1. The molecule has 1 aromatic heterocycles. The average molecular weight is 392 g/mol. The van der Waals surface area contributed by atoms with E-state index in [4.69, 9.17) is 9.72 Å². The van der Waals surface area contributed by atoms with Crippen LogP contribution in [0.15, 0.2) is 18.2 Å². The zero-order valence-electron chi connectivity index (χ0n) is 14.6. The second-order valence-corrected chi connectivity index (χ2v) is 8.72. The summed E-state index contributed by atoms with van der Waals surface area (Å²) >= 11 is 2.97.